The van der Waals surface area contributed by atoms with Crippen LogP contribution in [-0.2, 0) is 19.1 Å². The van der Waals surface area contributed by atoms with Gasteiger partial charge in [0.15, 0.2) is 11.6 Å². The minimum Gasteiger partial charge on any atom is -0.391 e. The van der Waals surface area contributed by atoms with E-state index in [2.05, 4.69) is 30.2 Å². The van der Waals surface area contributed by atoms with Crippen LogP contribution in [0.1, 0.15) is 94.7 Å². The molecule has 3 aromatic rings. The maximum atomic E-state index is 14.3. The SMILES string of the molecule is Cc1ncsc1-c1ccc([C@H](C)NC(=O)[C@@H]2C[C@@H](O)CN2C(=O)[C@@H](c2cc(N3CCC(OC4CCN(C[C@H]5C[C@@H](N6CCOCC6)C5)CC4)CC3)no2)C(C)C)cc1. The first-order chi connectivity index (χ1) is 28.1. The fourth-order valence-electron chi connectivity index (χ4n) is 9.87. The number of carbonyl (C=O) groups excluding carboxylic acids is 2. The third-order valence-corrected chi connectivity index (χ3v) is 14.3. The van der Waals surface area contributed by atoms with Crippen molar-refractivity contribution in [3.05, 3.63) is 52.9 Å². The number of rotatable bonds is 13. The summed E-state index contributed by atoms with van der Waals surface area (Å²) in [5.74, 6) is 0.805. The Hall–Kier alpha value is -3.40. The van der Waals surface area contributed by atoms with E-state index in [-0.39, 0.29) is 42.8 Å². The van der Waals surface area contributed by atoms with Crippen molar-refractivity contribution in [3.63, 3.8) is 0 Å². The van der Waals surface area contributed by atoms with Crippen molar-refractivity contribution in [2.45, 2.75) is 115 Å². The molecule has 1 aliphatic carbocycles. The van der Waals surface area contributed by atoms with Gasteiger partial charge in [0, 0.05) is 70.9 Å². The number of aromatic nitrogens is 2. The first kappa shape index (κ1) is 41.3. The summed E-state index contributed by atoms with van der Waals surface area (Å²) in [5.41, 5.74) is 4.88. The maximum Gasteiger partial charge on any atom is 0.243 e. The molecule has 2 amide bonds. The molecule has 14 heteroatoms. The van der Waals surface area contributed by atoms with E-state index in [9.17, 15) is 14.7 Å². The number of thiazole rings is 1. The number of morpholine rings is 1. The van der Waals surface area contributed by atoms with Crippen molar-refractivity contribution in [2.24, 2.45) is 11.8 Å². The average Bonchev–Trinajstić information content (AvgIpc) is 3.97. The van der Waals surface area contributed by atoms with Crippen LogP contribution >= 0.6 is 11.3 Å². The summed E-state index contributed by atoms with van der Waals surface area (Å²) in [6.07, 6.45) is 6.71. The van der Waals surface area contributed by atoms with Gasteiger partial charge in [0.2, 0.25) is 11.8 Å². The van der Waals surface area contributed by atoms with E-state index in [1.165, 1.54) is 24.3 Å². The average molecular weight is 818 g/mol. The molecule has 2 N–H and O–H groups in total. The first-order valence-electron chi connectivity index (χ1n) is 21.8. The number of benzene rings is 1. The van der Waals surface area contributed by atoms with Gasteiger partial charge in [0.1, 0.15) is 12.0 Å². The molecular weight excluding hydrogens is 755 g/mol. The zero-order chi connectivity index (χ0) is 40.3. The first-order valence-corrected chi connectivity index (χ1v) is 22.7. The molecule has 1 saturated carbocycles. The van der Waals surface area contributed by atoms with Gasteiger partial charge in [-0.3, -0.25) is 14.5 Å². The van der Waals surface area contributed by atoms with Crippen molar-refractivity contribution < 1.29 is 28.7 Å². The summed E-state index contributed by atoms with van der Waals surface area (Å²) in [6.45, 7) is 17.1. The van der Waals surface area contributed by atoms with Crippen LogP contribution in [0.15, 0.2) is 40.4 Å². The molecule has 4 aliphatic heterocycles. The van der Waals surface area contributed by atoms with E-state index in [1.54, 1.807) is 11.3 Å². The van der Waals surface area contributed by atoms with E-state index in [0.29, 0.717) is 11.9 Å². The molecule has 58 heavy (non-hydrogen) atoms. The lowest BCUT2D eigenvalue weighted by molar-refractivity contribution is -0.141. The van der Waals surface area contributed by atoms with Gasteiger partial charge in [-0.15, -0.1) is 11.3 Å². The number of nitrogens with one attached hydrogen (secondary N) is 1. The van der Waals surface area contributed by atoms with Crippen LogP contribution in [0, 0.1) is 18.8 Å². The molecule has 5 fully saturated rings. The number of nitrogens with zero attached hydrogens (tertiary/aromatic N) is 6. The lowest BCUT2D eigenvalue weighted by Gasteiger charge is -2.46. The van der Waals surface area contributed by atoms with E-state index in [0.717, 1.165) is 118 Å². The fraction of sp³-hybridized carbons (Fsp3) is 0.682. The number of β-amino-alcohol motifs (C(OH)–C–C–N with tert-alkyl or cyclic N) is 1. The lowest BCUT2D eigenvalue weighted by atomic mass is 9.78. The van der Waals surface area contributed by atoms with Crippen LogP contribution in [0.5, 0.6) is 0 Å². The number of aryl methyl sites for hydroxylation is 1. The molecular formula is C44H63N7O6S. The summed E-state index contributed by atoms with van der Waals surface area (Å²) in [4.78, 5) is 42.5. The highest BCUT2D eigenvalue weighted by Crippen LogP contribution is 2.36. The standard InChI is InChI=1S/C44H63N7O6S/c1-28(2)41(44(54)51-26-35(52)23-38(51)43(53)46-29(3)32-5-7-33(8-6-32)42-30(4)45-27-58-42)39-24-40(47-57-39)50-15-11-37(12-16-50)56-36-9-13-48(14-10-36)25-31-21-34(22-31)49-17-19-55-20-18-49/h5-8,24,27-29,31,34-38,41,52H,9-23,25-26H2,1-4H3,(H,46,53)/t29-,31-,34+,35+,38-,41+/m0/s1. The van der Waals surface area contributed by atoms with Gasteiger partial charge in [-0.05, 0) is 75.3 Å². The van der Waals surface area contributed by atoms with Crippen molar-refractivity contribution in [3.8, 4) is 10.4 Å². The van der Waals surface area contributed by atoms with Crippen molar-refractivity contribution in [2.75, 3.05) is 70.5 Å². The summed E-state index contributed by atoms with van der Waals surface area (Å²) >= 11 is 1.61. The van der Waals surface area contributed by atoms with Gasteiger partial charge < -0.3 is 39.1 Å². The number of hydrogen-bond donors (Lipinski definition) is 2. The number of likely N-dealkylation sites (tertiary alicyclic amines) is 2. The molecule has 2 aromatic heterocycles. The second-order valence-electron chi connectivity index (χ2n) is 17.8. The lowest BCUT2D eigenvalue weighted by Crippen LogP contribution is -2.52. The third-order valence-electron chi connectivity index (χ3n) is 13.4. The molecule has 0 unspecified atom stereocenters. The Kier molecular flexibility index (Phi) is 13.2. The summed E-state index contributed by atoms with van der Waals surface area (Å²) in [7, 11) is 0. The second kappa shape index (κ2) is 18.5. The highest BCUT2D eigenvalue weighted by atomic mass is 32.1. The van der Waals surface area contributed by atoms with E-state index < -0.39 is 18.1 Å². The number of piperidine rings is 2. The molecule has 0 bridgehead atoms. The van der Waals surface area contributed by atoms with Gasteiger partial charge in [0.05, 0.1) is 53.6 Å². The third kappa shape index (κ3) is 9.47. The summed E-state index contributed by atoms with van der Waals surface area (Å²) < 4.78 is 18.1. The van der Waals surface area contributed by atoms with Crippen molar-refractivity contribution in [1.82, 2.24) is 30.2 Å². The number of aliphatic hydroxyl groups is 1. The smallest absolute Gasteiger partial charge is 0.243 e. The monoisotopic (exact) mass is 817 g/mol. The van der Waals surface area contributed by atoms with Crippen LogP contribution in [-0.4, -0.2) is 138 Å². The zero-order valence-corrected chi connectivity index (χ0v) is 35.6. The van der Waals surface area contributed by atoms with Gasteiger partial charge in [-0.1, -0.05) is 43.3 Å². The number of ether oxygens (including phenoxy) is 2. The Morgan fingerprint density at radius 1 is 0.966 bits per heavy atom. The quantitative estimate of drug-likeness (QED) is 0.234. The van der Waals surface area contributed by atoms with Crippen molar-refractivity contribution >= 4 is 29.0 Å². The molecule has 0 spiro atoms. The zero-order valence-electron chi connectivity index (χ0n) is 34.8. The predicted octanol–water partition coefficient (Wildman–Crippen LogP) is 5.25. The highest BCUT2D eigenvalue weighted by Gasteiger charge is 2.44. The predicted molar refractivity (Wildman–Crippen MR) is 224 cm³/mol. The van der Waals surface area contributed by atoms with Gasteiger partial charge in [-0.2, -0.15) is 0 Å². The van der Waals surface area contributed by atoms with Gasteiger partial charge >= 0.3 is 0 Å². The topological polar surface area (TPSA) is 137 Å². The Morgan fingerprint density at radius 3 is 2.31 bits per heavy atom. The van der Waals surface area contributed by atoms with Gasteiger partial charge in [0.25, 0.3) is 0 Å². The van der Waals surface area contributed by atoms with Crippen molar-refractivity contribution in [1.29, 1.82) is 0 Å². The Morgan fingerprint density at radius 2 is 1.66 bits per heavy atom. The molecule has 6 heterocycles. The highest BCUT2D eigenvalue weighted by molar-refractivity contribution is 7.13. The fourth-order valence-corrected chi connectivity index (χ4v) is 10.7. The Balaban J connectivity index is 0.797. The summed E-state index contributed by atoms with van der Waals surface area (Å²) in [5, 5.41) is 18.3. The molecule has 1 aromatic carbocycles. The maximum absolute atomic E-state index is 14.3. The molecule has 13 nitrogen and oxygen atoms in total. The Labute approximate surface area is 347 Å². The van der Waals surface area contributed by atoms with E-state index in [1.807, 2.05) is 63.5 Å². The normalized spacial score (nSPS) is 26.5. The van der Waals surface area contributed by atoms with Crippen LogP contribution < -0.4 is 10.2 Å². The van der Waals surface area contributed by atoms with E-state index in [4.69, 9.17) is 14.0 Å². The van der Waals surface area contributed by atoms with E-state index >= 15 is 0 Å². The summed E-state index contributed by atoms with van der Waals surface area (Å²) in [6, 6.07) is 9.72. The molecule has 4 atom stereocenters. The second-order valence-corrected chi connectivity index (χ2v) is 18.6. The van der Waals surface area contributed by atoms with Crippen LogP contribution in [0.25, 0.3) is 10.4 Å². The van der Waals surface area contributed by atoms with Crippen LogP contribution in [0.4, 0.5) is 5.82 Å². The molecule has 8 rings (SSSR count). The molecule has 316 valence electrons. The minimum absolute atomic E-state index is 0.0985. The molecule has 4 saturated heterocycles. The molecule has 0 radical (unpaired) electrons. The Bertz CT molecular complexity index is 1810. The number of carbonyl (C=O) groups is 2. The number of anilines is 1. The number of amides is 2. The van der Waals surface area contributed by atoms with Gasteiger partial charge in [-0.25, -0.2) is 4.98 Å². The number of aliphatic hydroxyl groups excluding tert-OH is 1. The number of hydrogen-bond acceptors (Lipinski definition) is 12. The molecule has 5 aliphatic rings. The van der Waals surface area contributed by atoms with Crippen LogP contribution in [0.2, 0.25) is 0 Å². The van der Waals surface area contributed by atoms with Crippen LogP contribution in [0.3, 0.4) is 0 Å². The largest absolute Gasteiger partial charge is 0.391 e. The minimum atomic E-state index is -0.785.